The lowest BCUT2D eigenvalue weighted by Gasteiger charge is -2.10. The summed E-state index contributed by atoms with van der Waals surface area (Å²) in [6, 6.07) is 19.5. The van der Waals surface area contributed by atoms with Crippen molar-refractivity contribution in [3.8, 4) is 33.4 Å². The number of carbonyl (C=O) groups is 1. The SMILES string of the molecule is COc1ccc2c(Oc3ccc(OCCOCCOCCOCC(=O)O)cc3)c(-c3ccc(F)cc3)sc2c1. The lowest BCUT2D eigenvalue weighted by Crippen LogP contribution is -2.14. The van der Waals surface area contributed by atoms with Gasteiger partial charge in [0.2, 0.25) is 0 Å². The minimum absolute atomic E-state index is 0.222. The first kappa shape index (κ1) is 28.3. The number of hydrogen-bond donors (Lipinski definition) is 1. The molecule has 0 aliphatic heterocycles. The number of hydrogen-bond acceptors (Lipinski definition) is 8. The summed E-state index contributed by atoms with van der Waals surface area (Å²) in [5.41, 5.74) is 0.864. The zero-order valence-corrected chi connectivity index (χ0v) is 22.2. The number of methoxy groups -OCH3 is 1. The van der Waals surface area contributed by atoms with Gasteiger partial charge in [0.05, 0.1) is 45.0 Å². The van der Waals surface area contributed by atoms with Crippen molar-refractivity contribution >= 4 is 27.4 Å². The summed E-state index contributed by atoms with van der Waals surface area (Å²) in [4.78, 5) is 11.2. The van der Waals surface area contributed by atoms with E-state index in [1.807, 2.05) is 42.5 Å². The fourth-order valence-corrected chi connectivity index (χ4v) is 4.78. The molecule has 8 nitrogen and oxygen atoms in total. The molecule has 206 valence electrons. The Bertz CT molecular complexity index is 1340. The minimum atomic E-state index is -1.01. The fraction of sp³-hybridized carbons (Fsp3) is 0.276. The van der Waals surface area contributed by atoms with Gasteiger partial charge in [-0.1, -0.05) is 12.1 Å². The molecule has 1 heterocycles. The molecule has 0 unspecified atom stereocenters. The highest BCUT2D eigenvalue weighted by molar-refractivity contribution is 7.22. The van der Waals surface area contributed by atoms with Gasteiger partial charge in [-0.15, -0.1) is 11.3 Å². The van der Waals surface area contributed by atoms with E-state index in [2.05, 4.69) is 0 Å². The second kappa shape index (κ2) is 14.5. The maximum absolute atomic E-state index is 13.5. The Morgan fingerprint density at radius 2 is 1.41 bits per heavy atom. The first-order chi connectivity index (χ1) is 19.0. The van der Waals surface area contributed by atoms with Gasteiger partial charge in [0, 0.05) is 10.1 Å². The Kier molecular flexibility index (Phi) is 10.5. The van der Waals surface area contributed by atoms with E-state index in [4.69, 9.17) is 33.5 Å². The summed E-state index contributed by atoms with van der Waals surface area (Å²) in [6.45, 7) is 1.73. The first-order valence-corrected chi connectivity index (χ1v) is 13.1. The van der Waals surface area contributed by atoms with Crippen LogP contribution in [0.2, 0.25) is 0 Å². The molecule has 10 heteroatoms. The van der Waals surface area contributed by atoms with Crippen LogP contribution in [0.25, 0.3) is 20.5 Å². The number of ether oxygens (including phenoxy) is 6. The van der Waals surface area contributed by atoms with Crippen LogP contribution in [0.5, 0.6) is 23.0 Å². The highest BCUT2D eigenvalue weighted by Crippen LogP contribution is 2.47. The zero-order chi connectivity index (χ0) is 27.5. The molecule has 0 aliphatic rings. The number of fused-ring (bicyclic) bond motifs is 1. The molecule has 39 heavy (non-hydrogen) atoms. The number of carboxylic acid groups (broad SMARTS) is 1. The zero-order valence-electron chi connectivity index (χ0n) is 21.4. The molecule has 0 fully saturated rings. The molecular weight excluding hydrogens is 527 g/mol. The van der Waals surface area contributed by atoms with Crippen LogP contribution in [-0.2, 0) is 19.0 Å². The lowest BCUT2D eigenvalue weighted by molar-refractivity contribution is -0.142. The quantitative estimate of drug-likeness (QED) is 0.168. The molecule has 3 aromatic carbocycles. The van der Waals surface area contributed by atoms with E-state index in [0.29, 0.717) is 50.3 Å². The van der Waals surface area contributed by atoms with E-state index in [9.17, 15) is 9.18 Å². The largest absolute Gasteiger partial charge is 0.497 e. The van der Waals surface area contributed by atoms with Crippen molar-refractivity contribution in [3.63, 3.8) is 0 Å². The van der Waals surface area contributed by atoms with E-state index in [1.54, 1.807) is 30.6 Å². The molecule has 0 spiro atoms. The summed E-state index contributed by atoms with van der Waals surface area (Å²) in [5.74, 6) is 1.47. The maximum Gasteiger partial charge on any atom is 0.329 e. The predicted octanol–water partition coefficient (Wildman–Crippen LogP) is 6.02. The third-order valence-electron chi connectivity index (χ3n) is 5.47. The van der Waals surface area contributed by atoms with E-state index >= 15 is 0 Å². The predicted molar refractivity (Wildman–Crippen MR) is 146 cm³/mol. The molecule has 0 saturated carbocycles. The van der Waals surface area contributed by atoms with Gasteiger partial charge >= 0.3 is 5.97 Å². The van der Waals surface area contributed by atoms with Crippen LogP contribution in [-0.4, -0.2) is 64.4 Å². The number of rotatable bonds is 16. The van der Waals surface area contributed by atoms with Crippen molar-refractivity contribution in [2.75, 3.05) is 53.4 Å². The molecule has 1 N–H and O–H groups in total. The number of halogens is 1. The van der Waals surface area contributed by atoms with Crippen molar-refractivity contribution in [1.82, 2.24) is 0 Å². The second-order valence-corrected chi connectivity index (χ2v) is 9.27. The average Bonchev–Trinajstić information content (AvgIpc) is 3.30. The minimum Gasteiger partial charge on any atom is -0.497 e. The number of thiophene rings is 1. The molecule has 4 rings (SSSR count). The monoisotopic (exact) mass is 556 g/mol. The molecule has 4 aromatic rings. The van der Waals surface area contributed by atoms with Gasteiger partial charge < -0.3 is 33.5 Å². The Morgan fingerprint density at radius 1 is 0.795 bits per heavy atom. The lowest BCUT2D eigenvalue weighted by atomic mass is 10.1. The van der Waals surface area contributed by atoms with Crippen molar-refractivity contribution in [3.05, 3.63) is 72.5 Å². The third kappa shape index (κ3) is 8.39. The van der Waals surface area contributed by atoms with Crippen molar-refractivity contribution in [2.24, 2.45) is 0 Å². The van der Waals surface area contributed by atoms with Gasteiger partial charge in [0.25, 0.3) is 0 Å². The summed E-state index contributed by atoms with van der Waals surface area (Å²) in [5, 5.41) is 9.41. The highest BCUT2D eigenvalue weighted by atomic mass is 32.1. The molecular formula is C29H29FO8S. The van der Waals surface area contributed by atoms with Crippen molar-refractivity contribution in [2.45, 2.75) is 0 Å². The van der Waals surface area contributed by atoms with E-state index in [1.165, 1.54) is 12.1 Å². The fourth-order valence-electron chi connectivity index (χ4n) is 3.61. The van der Waals surface area contributed by atoms with Gasteiger partial charge in [-0.3, -0.25) is 0 Å². The normalized spacial score (nSPS) is 11.0. The van der Waals surface area contributed by atoms with Crippen LogP contribution in [0.4, 0.5) is 4.39 Å². The standard InChI is InChI=1S/C29H29FO8S/c1-33-24-10-11-25-26(18-24)39-29(20-2-4-21(30)5-3-20)28(25)38-23-8-6-22(7-9-23)37-17-16-35-13-12-34-14-15-36-19-27(31)32/h2-11,18H,12-17,19H2,1H3,(H,31,32). The Hall–Kier alpha value is -3.70. The summed E-state index contributed by atoms with van der Waals surface area (Å²) in [7, 11) is 1.63. The maximum atomic E-state index is 13.5. The van der Waals surface area contributed by atoms with Crippen LogP contribution < -0.4 is 14.2 Å². The number of aliphatic carboxylic acids is 1. The van der Waals surface area contributed by atoms with Crippen molar-refractivity contribution < 1.29 is 42.7 Å². The molecule has 0 amide bonds. The van der Waals surface area contributed by atoms with E-state index < -0.39 is 5.97 Å². The molecule has 0 radical (unpaired) electrons. The number of benzene rings is 3. The van der Waals surface area contributed by atoms with Gasteiger partial charge in [0.15, 0.2) is 5.75 Å². The Labute approximate surface area is 229 Å². The van der Waals surface area contributed by atoms with Crippen LogP contribution >= 0.6 is 11.3 Å². The van der Waals surface area contributed by atoms with Gasteiger partial charge in [0.1, 0.15) is 36.3 Å². The topological polar surface area (TPSA) is 92.7 Å². The van der Waals surface area contributed by atoms with Crippen LogP contribution in [0.3, 0.4) is 0 Å². The number of carboxylic acids is 1. The molecule has 0 bridgehead atoms. The van der Waals surface area contributed by atoms with Crippen LogP contribution in [0, 0.1) is 5.82 Å². The smallest absolute Gasteiger partial charge is 0.329 e. The Balaban J connectivity index is 1.29. The average molecular weight is 557 g/mol. The van der Waals surface area contributed by atoms with Gasteiger partial charge in [-0.2, -0.15) is 0 Å². The molecule has 1 aromatic heterocycles. The second-order valence-electron chi connectivity index (χ2n) is 8.22. The van der Waals surface area contributed by atoms with E-state index in [-0.39, 0.29) is 19.0 Å². The third-order valence-corrected chi connectivity index (χ3v) is 6.65. The highest BCUT2D eigenvalue weighted by Gasteiger charge is 2.17. The van der Waals surface area contributed by atoms with Crippen LogP contribution in [0.15, 0.2) is 66.7 Å². The van der Waals surface area contributed by atoms with E-state index in [0.717, 1.165) is 26.3 Å². The molecule has 0 aliphatic carbocycles. The molecule has 0 atom stereocenters. The van der Waals surface area contributed by atoms with Gasteiger partial charge in [-0.25, -0.2) is 9.18 Å². The molecule has 0 saturated heterocycles. The summed E-state index contributed by atoms with van der Waals surface area (Å²) >= 11 is 1.56. The first-order valence-electron chi connectivity index (χ1n) is 12.3. The Morgan fingerprint density at radius 3 is 2.08 bits per heavy atom. The van der Waals surface area contributed by atoms with Crippen LogP contribution in [0.1, 0.15) is 0 Å². The van der Waals surface area contributed by atoms with Gasteiger partial charge in [-0.05, 0) is 60.2 Å². The summed E-state index contributed by atoms with van der Waals surface area (Å²) < 4.78 is 47.6. The van der Waals surface area contributed by atoms with Crippen molar-refractivity contribution in [1.29, 1.82) is 0 Å². The summed E-state index contributed by atoms with van der Waals surface area (Å²) in [6.07, 6.45) is 0.